The molecule has 0 amide bonds. The molecule has 48 valence electrons. The van der Waals surface area contributed by atoms with Crippen molar-refractivity contribution >= 4 is 12.6 Å². The van der Waals surface area contributed by atoms with Crippen molar-refractivity contribution in [2.45, 2.75) is 26.7 Å². The Morgan fingerprint density at radius 3 is 2.00 bits per heavy atom. The molecule has 0 atom stereocenters. The summed E-state index contributed by atoms with van der Waals surface area (Å²) in [6, 6.07) is 0. The number of nitrogens with two attached hydrogens (primary N) is 1. The monoisotopic (exact) mass is 131 g/mol. The second kappa shape index (κ2) is 3.84. The summed E-state index contributed by atoms with van der Waals surface area (Å²) in [5.41, 5.74) is 6.44. The average molecular weight is 131 g/mol. The molecule has 0 spiro atoms. The third kappa shape index (κ3) is 2.26. The van der Waals surface area contributed by atoms with Crippen LogP contribution in [0.3, 0.4) is 0 Å². The van der Waals surface area contributed by atoms with Gasteiger partial charge in [0.15, 0.2) is 0 Å². The van der Waals surface area contributed by atoms with Gasteiger partial charge in [-0.25, -0.2) is 0 Å². The van der Waals surface area contributed by atoms with E-state index in [9.17, 15) is 0 Å². The van der Waals surface area contributed by atoms with Crippen LogP contribution < -0.4 is 5.73 Å². The Bertz CT molecular complexity index is 84.7. The van der Waals surface area contributed by atoms with Gasteiger partial charge in [-0.2, -0.15) is 0 Å². The van der Waals surface area contributed by atoms with Gasteiger partial charge in [0.25, 0.3) is 0 Å². The van der Waals surface area contributed by atoms with Crippen LogP contribution in [-0.2, 0) is 0 Å². The Hall–Kier alpha value is -0.110. The average Bonchev–Trinajstić information content (AvgIpc) is 1.84. The first kappa shape index (κ1) is 7.89. The van der Waals surface area contributed by atoms with Crippen LogP contribution in [0.4, 0.5) is 0 Å². The SMILES string of the molecule is CC/C(N)=C(/S)CC. The van der Waals surface area contributed by atoms with E-state index in [4.69, 9.17) is 5.73 Å². The predicted octanol–water partition coefficient (Wildman–Crippen LogP) is 1.91. The van der Waals surface area contributed by atoms with E-state index in [0.29, 0.717) is 0 Å². The fourth-order valence-corrected chi connectivity index (χ4v) is 0.589. The summed E-state index contributed by atoms with van der Waals surface area (Å²) in [4.78, 5) is 1.02. The highest BCUT2D eigenvalue weighted by molar-refractivity contribution is 7.84. The Morgan fingerprint density at radius 2 is 1.88 bits per heavy atom. The summed E-state index contributed by atoms with van der Waals surface area (Å²) in [5.74, 6) is 0. The zero-order valence-corrected chi connectivity index (χ0v) is 6.33. The maximum absolute atomic E-state index is 5.53. The standard InChI is InChI=1S/C6H13NS/c1-3-5(7)6(8)4-2/h8H,3-4,7H2,1-2H3/b6-5-. The molecule has 0 aromatic rings. The summed E-state index contributed by atoms with van der Waals surface area (Å²) in [5, 5.41) is 0. The molecule has 1 nitrogen and oxygen atoms in total. The predicted molar refractivity (Wildman–Crippen MR) is 40.8 cm³/mol. The van der Waals surface area contributed by atoms with Gasteiger partial charge in [0.05, 0.1) is 0 Å². The van der Waals surface area contributed by atoms with Crippen LogP contribution in [0.1, 0.15) is 26.7 Å². The molecular formula is C6H13NS. The molecule has 0 rings (SSSR count). The fourth-order valence-electron chi connectivity index (χ4n) is 0.431. The molecule has 0 bridgehead atoms. The second-order valence-electron chi connectivity index (χ2n) is 1.68. The van der Waals surface area contributed by atoms with Gasteiger partial charge in [-0.05, 0) is 12.8 Å². The Labute approximate surface area is 56.4 Å². The Balaban J connectivity index is 3.83. The molecule has 8 heavy (non-hydrogen) atoms. The lowest BCUT2D eigenvalue weighted by Crippen LogP contribution is -1.96. The van der Waals surface area contributed by atoms with Crippen molar-refractivity contribution in [3.8, 4) is 0 Å². The van der Waals surface area contributed by atoms with Crippen molar-refractivity contribution in [1.29, 1.82) is 0 Å². The lowest BCUT2D eigenvalue weighted by Gasteiger charge is -1.98. The largest absolute Gasteiger partial charge is 0.401 e. The minimum atomic E-state index is 0.909. The molecule has 0 heterocycles. The van der Waals surface area contributed by atoms with Crippen molar-refractivity contribution < 1.29 is 0 Å². The van der Waals surface area contributed by atoms with Crippen LogP contribution in [-0.4, -0.2) is 0 Å². The molecule has 0 unspecified atom stereocenters. The third-order valence-electron chi connectivity index (χ3n) is 1.09. The summed E-state index contributed by atoms with van der Waals surface area (Å²) < 4.78 is 0. The van der Waals surface area contributed by atoms with E-state index in [1.54, 1.807) is 0 Å². The molecule has 0 saturated heterocycles. The van der Waals surface area contributed by atoms with E-state index < -0.39 is 0 Å². The molecular weight excluding hydrogens is 118 g/mol. The highest BCUT2D eigenvalue weighted by Crippen LogP contribution is 2.09. The second-order valence-corrected chi connectivity index (χ2v) is 2.22. The lowest BCUT2D eigenvalue weighted by atomic mass is 10.3. The van der Waals surface area contributed by atoms with Crippen molar-refractivity contribution in [2.75, 3.05) is 0 Å². The molecule has 0 aromatic carbocycles. The van der Waals surface area contributed by atoms with Crippen molar-refractivity contribution in [1.82, 2.24) is 0 Å². The molecule has 0 fully saturated rings. The third-order valence-corrected chi connectivity index (χ3v) is 1.69. The highest BCUT2D eigenvalue weighted by atomic mass is 32.1. The Morgan fingerprint density at radius 1 is 1.38 bits per heavy atom. The quantitative estimate of drug-likeness (QED) is 0.550. The molecule has 0 saturated carbocycles. The van der Waals surface area contributed by atoms with Crippen molar-refractivity contribution in [3.63, 3.8) is 0 Å². The van der Waals surface area contributed by atoms with Gasteiger partial charge < -0.3 is 5.73 Å². The minimum Gasteiger partial charge on any atom is -0.401 e. The molecule has 0 aliphatic heterocycles. The summed E-state index contributed by atoms with van der Waals surface area (Å²) in [6.45, 7) is 4.08. The maximum atomic E-state index is 5.53. The molecule has 0 aliphatic rings. The normalized spacial score (nSPS) is 13.4. The maximum Gasteiger partial charge on any atom is 0.0171 e. The smallest absolute Gasteiger partial charge is 0.0171 e. The van der Waals surface area contributed by atoms with Crippen LogP contribution in [0.15, 0.2) is 10.6 Å². The molecule has 0 aromatic heterocycles. The van der Waals surface area contributed by atoms with Crippen LogP contribution in [0.25, 0.3) is 0 Å². The van der Waals surface area contributed by atoms with Gasteiger partial charge in [0.2, 0.25) is 0 Å². The van der Waals surface area contributed by atoms with E-state index in [0.717, 1.165) is 23.4 Å². The number of hydrogen-bond acceptors (Lipinski definition) is 2. The number of allylic oxidation sites excluding steroid dienone is 2. The number of hydrogen-bond donors (Lipinski definition) is 2. The number of thiol groups is 1. The summed E-state index contributed by atoms with van der Waals surface area (Å²) >= 11 is 4.16. The first-order valence-electron chi connectivity index (χ1n) is 2.88. The van der Waals surface area contributed by atoms with Gasteiger partial charge >= 0.3 is 0 Å². The summed E-state index contributed by atoms with van der Waals surface area (Å²) in [6.07, 6.45) is 1.86. The van der Waals surface area contributed by atoms with Gasteiger partial charge in [0.1, 0.15) is 0 Å². The van der Waals surface area contributed by atoms with E-state index in [1.165, 1.54) is 0 Å². The van der Waals surface area contributed by atoms with E-state index in [1.807, 2.05) is 13.8 Å². The van der Waals surface area contributed by atoms with Crippen LogP contribution in [0.2, 0.25) is 0 Å². The lowest BCUT2D eigenvalue weighted by molar-refractivity contribution is 1.02. The van der Waals surface area contributed by atoms with Gasteiger partial charge in [-0.15, -0.1) is 12.6 Å². The highest BCUT2D eigenvalue weighted by Gasteiger charge is 1.90. The van der Waals surface area contributed by atoms with Crippen LogP contribution >= 0.6 is 12.6 Å². The first-order chi connectivity index (χ1) is 3.72. The fraction of sp³-hybridized carbons (Fsp3) is 0.667. The first-order valence-corrected chi connectivity index (χ1v) is 3.33. The zero-order valence-electron chi connectivity index (χ0n) is 5.44. The van der Waals surface area contributed by atoms with E-state index in [-0.39, 0.29) is 0 Å². The Kier molecular flexibility index (Phi) is 3.79. The zero-order chi connectivity index (χ0) is 6.57. The van der Waals surface area contributed by atoms with E-state index >= 15 is 0 Å². The topological polar surface area (TPSA) is 26.0 Å². The van der Waals surface area contributed by atoms with Crippen LogP contribution in [0.5, 0.6) is 0 Å². The van der Waals surface area contributed by atoms with E-state index in [2.05, 4.69) is 12.6 Å². The van der Waals surface area contributed by atoms with Gasteiger partial charge in [0, 0.05) is 10.6 Å². The van der Waals surface area contributed by atoms with Crippen molar-refractivity contribution in [3.05, 3.63) is 10.6 Å². The number of rotatable bonds is 2. The van der Waals surface area contributed by atoms with Crippen LogP contribution in [0, 0.1) is 0 Å². The molecule has 2 heteroatoms. The summed E-state index contributed by atoms with van der Waals surface area (Å²) in [7, 11) is 0. The molecule has 2 N–H and O–H groups in total. The molecule has 0 radical (unpaired) electrons. The van der Waals surface area contributed by atoms with Gasteiger partial charge in [-0.3, -0.25) is 0 Å². The molecule has 0 aliphatic carbocycles. The van der Waals surface area contributed by atoms with Gasteiger partial charge in [-0.1, -0.05) is 13.8 Å². The van der Waals surface area contributed by atoms with Crippen molar-refractivity contribution in [2.24, 2.45) is 5.73 Å². The minimum absolute atomic E-state index is 0.909.